The van der Waals surface area contributed by atoms with E-state index in [0.717, 1.165) is 20.6 Å². The largest absolute Gasteiger partial charge is 0.395 e. The Morgan fingerprint density at radius 2 is 2.11 bits per heavy atom. The van der Waals surface area contributed by atoms with Gasteiger partial charge in [0.15, 0.2) is 0 Å². The van der Waals surface area contributed by atoms with Crippen molar-refractivity contribution in [3.05, 3.63) is 40.0 Å². The first-order valence-corrected chi connectivity index (χ1v) is 6.54. The molecule has 0 aromatic heterocycles. The number of hydrogen-bond acceptors (Lipinski definition) is 4. The van der Waals surface area contributed by atoms with Gasteiger partial charge in [-0.2, -0.15) is 0 Å². The minimum atomic E-state index is -0.422. The van der Waals surface area contributed by atoms with Crippen LogP contribution in [-0.2, 0) is 9.59 Å². The highest BCUT2D eigenvalue weighted by Gasteiger charge is 2.30. The molecule has 1 aromatic rings. The van der Waals surface area contributed by atoms with E-state index in [9.17, 15) is 9.59 Å². The molecule has 2 N–H and O–H groups in total. The summed E-state index contributed by atoms with van der Waals surface area (Å²) in [6.07, 6.45) is 1.25. The van der Waals surface area contributed by atoms with Gasteiger partial charge in [0.1, 0.15) is 5.70 Å². The molecule has 0 unspecified atom stereocenters. The monoisotopic (exact) mass is 324 g/mol. The van der Waals surface area contributed by atoms with Gasteiger partial charge in [-0.1, -0.05) is 12.1 Å². The van der Waals surface area contributed by atoms with E-state index in [1.165, 1.54) is 6.08 Å². The molecule has 19 heavy (non-hydrogen) atoms. The molecular weight excluding hydrogens is 312 g/mol. The van der Waals surface area contributed by atoms with E-state index in [1.807, 2.05) is 25.1 Å². The van der Waals surface area contributed by atoms with Crippen LogP contribution < -0.4 is 5.32 Å². The molecule has 0 radical (unpaired) electrons. The standard InChI is InChI=1S/C13H13BrN2O3/c1-8-3-2-4-9(14)12(8)15-10-7-11(18)16(5-6-17)13(10)19/h2-4,7,15,17H,5-6H2,1H3. The van der Waals surface area contributed by atoms with Crippen molar-refractivity contribution in [2.45, 2.75) is 6.92 Å². The predicted octanol–water partition coefficient (Wildman–Crippen LogP) is 1.41. The molecule has 0 saturated carbocycles. The van der Waals surface area contributed by atoms with Crippen molar-refractivity contribution in [2.24, 2.45) is 0 Å². The number of amides is 2. The minimum absolute atomic E-state index is 0.00822. The van der Waals surface area contributed by atoms with Crippen LogP contribution in [-0.4, -0.2) is 35.0 Å². The fraction of sp³-hybridized carbons (Fsp3) is 0.231. The molecule has 2 rings (SSSR count). The average molecular weight is 325 g/mol. The van der Waals surface area contributed by atoms with Gasteiger partial charge in [-0.15, -0.1) is 0 Å². The summed E-state index contributed by atoms with van der Waals surface area (Å²) in [7, 11) is 0. The van der Waals surface area contributed by atoms with Crippen LogP contribution in [0.2, 0.25) is 0 Å². The van der Waals surface area contributed by atoms with Crippen molar-refractivity contribution in [3.63, 3.8) is 0 Å². The molecular formula is C13H13BrN2O3. The van der Waals surface area contributed by atoms with Crippen LogP contribution in [0.3, 0.4) is 0 Å². The van der Waals surface area contributed by atoms with Gasteiger partial charge in [-0.05, 0) is 34.5 Å². The first-order valence-electron chi connectivity index (χ1n) is 5.75. The number of carbonyl (C=O) groups is 2. The lowest BCUT2D eigenvalue weighted by molar-refractivity contribution is -0.137. The van der Waals surface area contributed by atoms with Gasteiger partial charge in [-0.25, -0.2) is 0 Å². The average Bonchev–Trinajstić information content (AvgIpc) is 2.62. The Labute approximate surface area is 119 Å². The Bertz CT molecular complexity index is 549. The van der Waals surface area contributed by atoms with Crippen LogP contribution in [0.25, 0.3) is 0 Å². The number of nitrogens with zero attached hydrogens (tertiary/aromatic N) is 1. The number of benzene rings is 1. The maximum atomic E-state index is 12.0. The molecule has 1 heterocycles. The highest BCUT2D eigenvalue weighted by Crippen LogP contribution is 2.28. The Morgan fingerprint density at radius 1 is 1.37 bits per heavy atom. The Morgan fingerprint density at radius 3 is 2.74 bits per heavy atom. The van der Waals surface area contributed by atoms with E-state index in [2.05, 4.69) is 21.2 Å². The first-order chi connectivity index (χ1) is 9.04. The molecule has 0 aliphatic carbocycles. The van der Waals surface area contributed by atoms with Crippen LogP contribution in [0.1, 0.15) is 5.56 Å². The fourth-order valence-electron chi connectivity index (χ4n) is 1.83. The van der Waals surface area contributed by atoms with Crippen LogP contribution in [0.5, 0.6) is 0 Å². The molecule has 0 saturated heterocycles. The summed E-state index contributed by atoms with van der Waals surface area (Å²) in [4.78, 5) is 24.6. The summed E-state index contributed by atoms with van der Waals surface area (Å²) in [5.41, 5.74) is 1.92. The Kier molecular flexibility index (Phi) is 4.01. The minimum Gasteiger partial charge on any atom is -0.395 e. The summed E-state index contributed by atoms with van der Waals surface area (Å²) in [6, 6.07) is 5.64. The SMILES string of the molecule is Cc1cccc(Br)c1NC1=CC(=O)N(CCO)C1=O. The zero-order chi connectivity index (χ0) is 14.0. The van der Waals surface area contributed by atoms with E-state index in [-0.39, 0.29) is 18.8 Å². The molecule has 100 valence electrons. The normalized spacial score (nSPS) is 14.9. The zero-order valence-electron chi connectivity index (χ0n) is 10.3. The van der Waals surface area contributed by atoms with Crippen molar-refractivity contribution in [3.8, 4) is 0 Å². The molecule has 5 nitrogen and oxygen atoms in total. The molecule has 0 fully saturated rings. The number of aliphatic hydroxyl groups excluding tert-OH is 1. The third-order valence-electron chi connectivity index (χ3n) is 2.81. The Hall–Kier alpha value is -1.66. The lowest BCUT2D eigenvalue weighted by Gasteiger charge is -2.15. The van der Waals surface area contributed by atoms with Crippen LogP contribution in [0.15, 0.2) is 34.4 Å². The highest BCUT2D eigenvalue weighted by atomic mass is 79.9. The van der Waals surface area contributed by atoms with E-state index in [1.54, 1.807) is 0 Å². The van der Waals surface area contributed by atoms with E-state index in [4.69, 9.17) is 5.11 Å². The fourth-order valence-corrected chi connectivity index (χ4v) is 2.40. The van der Waals surface area contributed by atoms with Gasteiger partial charge in [-0.3, -0.25) is 14.5 Å². The summed E-state index contributed by atoms with van der Waals surface area (Å²) in [5, 5.41) is 11.8. The van der Waals surface area contributed by atoms with Gasteiger partial charge >= 0.3 is 0 Å². The summed E-state index contributed by atoms with van der Waals surface area (Å²) >= 11 is 3.40. The second kappa shape index (κ2) is 5.54. The third-order valence-corrected chi connectivity index (χ3v) is 3.48. The number of aryl methyl sites for hydroxylation is 1. The number of imide groups is 1. The molecule has 1 aliphatic heterocycles. The van der Waals surface area contributed by atoms with Gasteiger partial charge in [0.05, 0.1) is 18.8 Å². The maximum Gasteiger partial charge on any atom is 0.277 e. The van der Waals surface area contributed by atoms with Gasteiger partial charge in [0.25, 0.3) is 11.8 Å². The second-order valence-corrected chi connectivity index (χ2v) is 4.99. The Balaban J connectivity index is 2.23. The molecule has 1 aromatic carbocycles. The number of rotatable bonds is 4. The first kappa shape index (κ1) is 13.8. The predicted molar refractivity (Wildman–Crippen MR) is 74.4 cm³/mol. The third kappa shape index (κ3) is 2.69. The number of hydrogen-bond donors (Lipinski definition) is 2. The maximum absolute atomic E-state index is 12.0. The molecule has 2 amide bonds. The summed E-state index contributed by atoms with van der Waals surface area (Å²) < 4.78 is 0.814. The van der Waals surface area contributed by atoms with Crippen LogP contribution >= 0.6 is 15.9 Å². The molecule has 0 atom stereocenters. The van der Waals surface area contributed by atoms with E-state index in [0.29, 0.717) is 0 Å². The number of para-hydroxylation sites is 1. The number of aliphatic hydroxyl groups is 1. The number of β-amino-alcohol motifs (C(OH)–C–C–N with tert-alkyl or cyclic N) is 1. The van der Waals surface area contributed by atoms with E-state index >= 15 is 0 Å². The van der Waals surface area contributed by atoms with Crippen molar-refractivity contribution in [1.29, 1.82) is 0 Å². The van der Waals surface area contributed by atoms with Crippen molar-refractivity contribution in [1.82, 2.24) is 4.90 Å². The number of nitrogens with one attached hydrogen (secondary N) is 1. The van der Waals surface area contributed by atoms with Gasteiger partial charge < -0.3 is 10.4 Å². The topological polar surface area (TPSA) is 69.6 Å². The summed E-state index contributed by atoms with van der Waals surface area (Å²) in [6.45, 7) is 1.67. The smallest absolute Gasteiger partial charge is 0.277 e. The molecule has 1 aliphatic rings. The number of anilines is 1. The van der Waals surface area contributed by atoms with Gasteiger partial charge in [0, 0.05) is 10.5 Å². The number of carbonyl (C=O) groups excluding carboxylic acids is 2. The van der Waals surface area contributed by atoms with Crippen molar-refractivity contribution < 1.29 is 14.7 Å². The zero-order valence-corrected chi connectivity index (χ0v) is 11.9. The van der Waals surface area contributed by atoms with Crippen LogP contribution in [0.4, 0.5) is 5.69 Å². The van der Waals surface area contributed by atoms with Crippen molar-refractivity contribution in [2.75, 3.05) is 18.5 Å². The summed E-state index contributed by atoms with van der Waals surface area (Å²) in [5.74, 6) is -0.833. The lowest BCUT2D eigenvalue weighted by Crippen LogP contribution is -2.34. The molecule has 6 heteroatoms. The van der Waals surface area contributed by atoms with E-state index < -0.39 is 11.8 Å². The van der Waals surface area contributed by atoms with Crippen LogP contribution in [0, 0.1) is 6.92 Å². The highest BCUT2D eigenvalue weighted by molar-refractivity contribution is 9.10. The molecule has 0 spiro atoms. The van der Waals surface area contributed by atoms with Crippen molar-refractivity contribution >= 4 is 33.4 Å². The molecule has 0 bridgehead atoms. The lowest BCUT2D eigenvalue weighted by atomic mass is 10.2. The number of halogens is 1. The second-order valence-electron chi connectivity index (χ2n) is 4.13. The van der Waals surface area contributed by atoms with Gasteiger partial charge in [0.2, 0.25) is 0 Å². The quantitative estimate of drug-likeness (QED) is 0.822.